The number of benzene rings is 3. The van der Waals surface area contributed by atoms with Crippen molar-refractivity contribution in [3.05, 3.63) is 84.4 Å². The Balaban J connectivity index is 1.49. The van der Waals surface area contributed by atoms with E-state index in [2.05, 4.69) is 63.5 Å². The standard InChI is InChI=1S/C27H30N2O3S/c1-31-26(30)15-9-4-10-18-32-23-16-17-24-25(19-23)29(22-13-7-3-8-14-22)27(33,28-24)20-21-11-5-2-6-12-21/h2-3,5-8,11-14,16-17,19,28,33H,4,9-10,15,18,20H2,1H3. The van der Waals surface area contributed by atoms with Crippen molar-refractivity contribution < 1.29 is 14.3 Å². The van der Waals surface area contributed by atoms with Crippen LogP contribution in [0.1, 0.15) is 31.2 Å². The third kappa shape index (κ3) is 5.63. The van der Waals surface area contributed by atoms with Crippen molar-refractivity contribution >= 4 is 35.7 Å². The van der Waals surface area contributed by atoms with Gasteiger partial charge in [0.2, 0.25) is 0 Å². The fourth-order valence-electron chi connectivity index (χ4n) is 4.14. The Hall–Kier alpha value is -3.12. The van der Waals surface area contributed by atoms with Crippen molar-refractivity contribution in [1.82, 2.24) is 0 Å². The van der Waals surface area contributed by atoms with Gasteiger partial charge in [0.15, 0.2) is 4.99 Å². The van der Waals surface area contributed by atoms with E-state index < -0.39 is 4.99 Å². The summed E-state index contributed by atoms with van der Waals surface area (Å²) >= 11 is 5.15. The molecule has 172 valence electrons. The predicted molar refractivity (Wildman–Crippen MR) is 136 cm³/mol. The molecule has 3 aromatic rings. The highest BCUT2D eigenvalue weighted by Crippen LogP contribution is 2.49. The molecule has 0 amide bonds. The Morgan fingerprint density at radius 3 is 2.42 bits per heavy atom. The molecular formula is C27H30N2O3S. The summed E-state index contributed by atoms with van der Waals surface area (Å²) in [7, 11) is 1.42. The molecule has 0 aliphatic carbocycles. The van der Waals surface area contributed by atoms with Crippen LogP contribution in [0, 0.1) is 0 Å². The summed E-state index contributed by atoms with van der Waals surface area (Å²) < 4.78 is 10.7. The maximum absolute atomic E-state index is 11.2. The van der Waals surface area contributed by atoms with Crippen molar-refractivity contribution in [1.29, 1.82) is 0 Å². The van der Waals surface area contributed by atoms with Gasteiger partial charge in [-0.25, -0.2) is 0 Å². The fourth-order valence-corrected chi connectivity index (χ4v) is 4.66. The second-order valence-electron chi connectivity index (χ2n) is 8.19. The van der Waals surface area contributed by atoms with Gasteiger partial charge in [0.1, 0.15) is 5.75 Å². The summed E-state index contributed by atoms with van der Waals surface area (Å²) in [6, 6.07) is 26.8. The number of esters is 1. The van der Waals surface area contributed by atoms with Gasteiger partial charge in [-0.15, -0.1) is 12.6 Å². The molecule has 33 heavy (non-hydrogen) atoms. The summed E-state index contributed by atoms with van der Waals surface area (Å²) in [5.74, 6) is 0.663. The van der Waals surface area contributed by atoms with E-state index in [1.807, 2.05) is 30.3 Å². The lowest BCUT2D eigenvalue weighted by Gasteiger charge is -2.36. The van der Waals surface area contributed by atoms with Crippen LogP contribution in [0.25, 0.3) is 0 Å². The van der Waals surface area contributed by atoms with Crippen LogP contribution >= 0.6 is 12.6 Å². The molecule has 0 saturated carbocycles. The van der Waals surface area contributed by atoms with Gasteiger partial charge < -0.3 is 19.7 Å². The normalized spacial score (nSPS) is 16.7. The quantitative estimate of drug-likeness (QED) is 0.214. The molecule has 1 unspecified atom stereocenters. The minimum atomic E-state index is -0.614. The number of rotatable bonds is 10. The number of nitrogens with zero attached hydrogens (tertiary/aromatic N) is 1. The van der Waals surface area contributed by atoms with Crippen LogP contribution in [0.3, 0.4) is 0 Å². The second kappa shape index (κ2) is 10.7. The van der Waals surface area contributed by atoms with Crippen molar-refractivity contribution in [2.24, 2.45) is 0 Å². The first-order chi connectivity index (χ1) is 16.1. The van der Waals surface area contributed by atoms with Crippen molar-refractivity contribution in [2.75, 3.05) is 23.9 Å². The van der Waals surface area contributed by atoms with Crippen LogP contribution in [0.4, 0.5) is 17.1 Å². The van der Waals surface area contributed by atoms with Crippen LogP contribution in [-0.2, 0) is 16.0 Å². The van der Waals surface area contributed by atoms with Crippen LogP contribution in [0.15, 0.2) is 78.9 Å². The third-order valence-corrected chi connectivity index (χ3v) is 6.21. The monoisotopic (exact) mass is 462 g/mol. The molecule has 0 radical (unpaired) electrons. The highest BCUT2D eigenvalue weighted by atomic mass is 32.1. The Morgan fingerprint density at radius 2 is 1.70 bits per heavy atom. The van der Waals surface area contributed by atoms with E-state index in [1.165, 1.54) is 12.7 Å². The van der Waals surface area contributed by atoms with Gasteiger partial charge in [-0.05, 0) is 49.1 Å². The molecule has 0 aromatic heterocycles. The summed E-state index contributed by atoms with van der Waals surface area (Å²) in [4.78, 5) is 12.8. The van der Waals surface area contributed by atoms with Gasteiger partial charge in [0, 0.05) is 24.6 Å². The molecule has 4 rings (SSSR count). The van der Waals surface area contributed by atoms with Gasteiger partial charge in [-0.1, -0.05) is 48.5 Å². The molecule has 0 saturated heterocycles. The summed E-state index contributed by atoms with van der Waals surface area (Å²) in [5, 5.41) is 3.63. The zero-order valence-corrected chi connectivity index (χ0v) is 19.8. The second-order valence-corrected chi connectivity index (χ2v) is 8.93. The number of hydrogen-bond acceptors (Lipinski definition) is 6. The van der Waals surface area contributed by atoms with Gasteiger partial charge >= 0.3 is 5.97 Å². The van der Waals surface area contributed by atoms with Crippen LogP contribution in [0.2, 0.25) is 0 Å². The fraction of sp³-hybridized carbons (Fsp3) is 0.296. The minimum Gasteiger partial charge on any atom is -0.494 e. The van der Waals surface area contributed by atoms with Crippen LogP contribution < -0.4 is 15.0 Å². The number of anilines is 3. The first-order valence-corrected chi connectivity index (χ1v) is 11.8. The van der Waals surface area contributed by atoms with E-state index in [-0.39, 0.29) is 5.97 Å². The van der Waals surface area contributed by atoms with E-state index in [1.54, 1.807) is 0 Å². The molecule has 1 heterocycles. The van der Waals surface area contributed by atoms with Crippen molar-refractivity contribution in [2.45, 2.75) is 37.1 Å². The molecule has 1 N–H and O–H groups in total. The number of ether oxygens (including phenoxy) is 2. The van der Waals surface area contributed by atoms with Crippen LogP contribution in [-0.4, -0.2) is 24.7 Å². The maximum Gasteiger partial charge on any atom is 0.305 e. The zero-order chi connectivity index (χ0) is 23.1. The van der Waals surface area contributed by atoms with Crippen molar-refractivity contribution in [3.8, 4) is 5.75 Å². The summed E-state index contributed by atoms with van der Waals surface area (Å²) in [6.45, 7) is 0.606. The number of thiol groups is 1. The molecule has 1 atom stereocenters. The molecule has 0 spiro atoms. The number of carbonyl (C=O) groups is 1. The number of para-hydroxylation sites is 1. The lowest BCUT2D eigenvalue weighted by molar-refractivity contribution is -0.140. The number of hydrogen-bond donors (Lipinski definition) is 2. The highest BCUT2D eigenvalue weighted by molar-refractivity contribution is 7.82. The number of unbranched alkanes of at least 4 members (excludes halogenated alkanes) is 2. The maximum atomic E-state index is 11.2. The third-order valence-electron chi connectivity index (χ3n) is 5.74. The summed E-state index contributed by atoms with van der Waals surface area (Å²) in [6.07, 6.45) is 3.80. The smallest absolute Gasteiger partial charge is 0.305 e. The number of methoxy groups -OCH3 is 1. The molecule has 1 aliphatic heterocycles. The van der Waals surface area contributed by atoms with Gasteiger partial charge in [0.25, 0.3) is 0 Å². The minimum absolute atomic E-state index is 0.159. The largest absolute Gasteiger partial charge is 0.494 e. The molecule has 3 aromatic carbocycles. The first kappa shape index (κ1) is 23.1. The van der Waals surface area contributed by atoms with E-state index in [0.717, 1.165) is 48.5 Å². The average Bonchev–Trinajstić information content (AvgIpc) is 3.12. The predicted octanol–water partition coefficient (Wildman–Crippen LogP) is 6.19. The molecule has 1 aliphatic rings. The van der Waals surface area contributed by atoms with E-state index in [0.29, 0.717) is 13.0 Å². The van der Waals surface area contributed by atoms with Crippen LogP contribution in [0.5, 0.6) is 5.75 Å². The molecule has 0 fully saturated rings. The summed E-state index contributed by atoms with van der Waals surface area (Å²) in [5.41, 5.74) is 4.33. The van der Waals surface area contributed by atoms with E-state index in [4.69, 9.17) is 17.4 Å². The SMILES string of the molecule is COC(=O)CCCCCOc1ccc2c(c1)N(c1ccccc1)C(S)(Cc1ccccc1)N2. The Bertz CT molecular complexity index is 1060. The number of carbonyl (C=O) groups excluding carboxylic acids is 1. The lowest BCUT2D eigenvalue weighted by Crippen LogP contribution is -2.45. The zero-order valence-electron chi connectivity index (χ0n) is 18.9. The van der Waals surface area contributed by atoms with Gasteiger partial charge in [0.05, 0.1) is 25.1 Å². The molecule has 5 nitrogen and oxygen atoms in total. The molecule has 0 bridgehead atoms. The van der Waals surface area contributed by atoms with Gasteiger partial charge in [-0.3, -0.25) is 4.79 Å². The Kier molecular flexibility index (Phi) is 7.45. The topological polar surface area (TPSA) is 50.8 Å². The van der Waals surface area contributed by atoms with Crippen molar-refractivity contribution in [3.63, 3.8) is 0 Å². The number of fused-ring (bicyclic) bond motifs is 1. The molecular weight excluding hydrogens is 432 g/mol. The van der Waals surface area contributed by atoms with E-state index in [9.17, 15) is 4.79 Å². The molecule has 6 heteroatoms. The first-order valence-electron chi connectivity index (χ1n) is 11.3. The van der Waals surface area contributed by atoms with Gasteiger partial charge in [-0.2, -0.15) is 0 Å². The highest BCUT2D eigenvalue weighted by Gasteiger charge is 2.41. The number of nitrogens with one attached hydrogen (secondary N) is 1. The Labute approximate surface area is 201 Å². The average molecular weight is 463 g/mol. The van der Waals surface area contributed by atoms with E-state index >= 15 is 0 Å². The Morgan fingerprint density at radius 1 is 0.970 bits per heavy atom. The lowest BCUT2D eigenvalue weighted by atomic mass is 10.1.